The van der Waals surface area contributed by atoms with Crippen molar-refractivity contribution in [1.82, 2.24) is 9.97 Å². The molecule has 0 atom stereocenters. The Hall–Kier alpha value is -1.93. The summed E-state index contributed by atoms with van der Waals surface area (Å²) in [6.45, 7) is 0.638. The first-order chi connectivity index (χ1) is 7.38. The summed E-state index contributed by atoms with van der Waals surface area (Å²) in [6, 6.07) is 7.30. The fourth-order valence-electron chi connectivity index (χ4n) is 1.10. The molecule has 2 rings (SSSR count). The van der Waals surface area contributed by atoms with Crippen LogP contribution in [0.15, 0.2) is 29.8 Å². The summed E-state index contributed by atoms with van der Waals surface area (Å²) in [5, 5.41) is 14.7. The first-order valence-corrected chi connectivity index (χ1v) is 5.26. The molecule has 1 N–H and O–H groups in total. The highest BCUT2D eigenvalue weighted by atomic mass is 32.1. The van der Waals surface area contributed by atoms with Crippen LogP contribution in [0.1, 0.15) is 10.7 Å². The molecule has 0 saturated carbocycles. The third-order valence-electron chi connectivity index (χ3n) is 1.77. The van der Waals surface area contributed by atoms with E-state index in [0.29, 0.717) is 18.1 Å². The quantitative estimate of drug-likeness (QED) is 0.852. The van der Waals surface area contributed by atoms with Crippen molar-refractivity contribution in [3.05, 3.63) is 40.5 Å². The van der Waals surface area contributed by atoms with Crippen molar-refractivity contribution in [3.8, 4) is 6.07 Å². The van der Waals surface area contributed by atoms with Gasteiger partial charge in [-0.2, -0.15) is 5.26 Å². The predicted molar refractivity (Wildman–Crippen MR) is 58.4 cm³/mol. The van der Waals surface area contributed by atoms with Crippen LogP contribution in [0, 0.1) is 11.3 Å². The van der Waals surface area contributed by atoms with Crippen LogP contribution in [0.3, 0.4) is 0 Å². The van der Waals surface area contributed by atoms with Crippen LogP contribution in [0.2, 0.25) is 0 Å². The highest BCUT2D eigenvalue weighted by Crippen LogP contribution is 2.08. The lowest BCUT2D eigenvalue weighted by atomic mass is 10.3. The maximum absolute atomic E-state index is 8.66. The zero-order valence-corrected chi connectivity index (χ0v) is 8.66. The lowest BCUT2D eigenvalue weighted by molar-refractivity contribution is 1.07. The lowest BCUT2D eigenvalue weighted by Crippen LogP contribution is -2.01. The summed E-state index contributed by atoms with van der Waals surface area (Å²) in [4.78, 5) is 8.23. The number of rotatable bonds is 3. The number of thiazole rings is 1. The molecule has 0 aliphatic rings. The highest BCUT2D eigenvalue weighted by Gasteiger charge is 1.98. The number of hydrogen-bond donors (Lipinski definition) is 1. The topological polar surface area (TPSA) is 61.6 Å². The van der Waals surface area contributed by atoms with Gasteiger partial charge in [0.2, 0.25) is 0 Å². The molecule has 2 aromatic heterocycles. The Labute approximate surface area is 91.2 Å². The average Bonchev–Trinajstić information content (AvgIpc) is 2.79. The van der Waals surface area contributed by atoms with Crippen LogP contribution in [0.25, 0.3) is 0 Å². The fourth-order valence-corrected chi connectivity index (χ4v) is 1.66. The normalized spacial score (nSPS) is 9.53. The van der Waals surface area contributed by atoms with Crippen molar-refractivity contribution in [3.63, 3.8) is 0 Å². The SMILES string of the molecule is N#Cc1cccc(NCc2nccs2)n1. The van der Waals surface area contributed by atoms with Crippen molar-refractivity contribution >= 4 is 17.2 Å². The van der Waals surface area contributed by atoms with E-state index >= 15 is 0 Å². The average molecular weight is 216 g/mol. The van der Waals surface area contributed by atoms with Crippen molar-refractivity contribution in [2.45, 2.75) is 6.54 Å². The third-order valence-corrected chi connectivity index (χ3v) is 2.55. The maximum atomic E-state index is 8.66. The number of anilines is 1. The van der Waals surface area contributed by atoms with Gasteiger partial charge in [0.05, 0.1) is 6.54 Å². The molecule has 0 bridgehead atoms. The number of nitriles is 1. The number of nitrogens with one attached hydrogen (secondary N) is 1. The van der Waals surface area contributed by atoms with E-state index in [1.807, 2.05) is 17.5 Å². The molecular formula is C10H8N4S. The van der Waals surface area contributed by atoms with E-state index in [0.717, 1.165) is 5.01 Å². The van der Waals surface area contributed by atoms with Gasteiger partial charge >= 0.3 is 0 Å². The lowest BCUT2D eigenvalue weighted by Gasteiger charge is -2.02. The number of aromatic nitrogens is 2. The van der Waals surface area contributed by atoms with Crippen LogP contribution >= 0.6 is 11.3 Å². The van der Waals surface area contributed by atoms with Crippen LogP contribution in [-0.4, -0.2) is 9.97 Å². The van der Waals surface area contributed by atoms with Gasteiger partial charge in [0.25, 0.3) is 0 Å². The Morgan fingerprint density at radius 2 is 2.40 bits per heavy atom. The molecule has 2 aromatic rings. The first-order valence-electron chi connectivity index (χ1n) is 4.38. The molecule has 2 heterocycles. The standard InChI is InChI=1S/C10H8N4S/c11-6-8-2-1-3-9(14-8)13-7-10-12-4-5-15-10/h1-5H,7H2,(H,13,14). The molecule has 0 unspecified atom stereocenters. The molecule has 15 heavy (non-hydrogen) atoms. The summed E-state index contributed by atoms with van der Waals surface area (Å²) < 4.78 is 0. The van der Waals surface area contributed by atoms with E-state index in [4.69, 9.17) is 5.26 Å². The zero-order valence-electron chi connectivity index (χ0n) is 7.84. The van der Waals surface area contributed by atoms with Gasteiger partial charge in [-0.15, -0.1) is 11.3 Å². The Morgan fingerprint density at radius 3 is 3.13 bits per heavy atom. The number of nitrogens with zero attached hydrogens (tertiary/aromatic N) is 3. The predicted octanol–water partition coefficient (Wildman–Crippen LogP) is 2.02. The van der Waals surface area contributed by atoms with Crippen molar-refractivity contribution < 1.29 is 0 Å². The molecule has 0 spiro atoms. The van der Waals surface area contributed by atoms with Gasteiger partial charge in [-0.3, -0.25) is 0 Å². The smallest absolute Gasteiger partial charge is 0.142 e. The van der Waals surface area contributed by atoms with E-state index in [9.17, 15) is 0 Å². The van der Waals surface area contributed by atoms with Gasteiger partial charge in [0, 0.05) is 11.6 Å². The molecule has 0 aliphatic carbocycles. The third kappa shape index (κ3) is 2.51. The fraction of sp³-hybridized carbons (Fsp3) is 0.100. The minimum Gasteiger partial charge on any atom is -0.364 e. The molecule has 0 radical (unpaired) electrons. The summed E-state index contributed by atoms with van der Waals surface area (Å²) in [7, 11) is 0. The molecule has 4 nitrogen and oxygen atoms in total. The van der Waals surface area contributed by atoms with E-state index in [2.05, 4.69) is 15.3 Å². The summed E-state index contributed by atoms with van der Waals surface area (Å²) in [6.07, 6.45) is 1.76. The van der Waals surface area contributed by atoms with Crippen LogP contribution in [-0.2, 0) is 6.54 Å². The summed E-state index contributed by atoms with van der Waals surface area (Å²) in [5.41, 5.74) is 0.416. The van der Waals surface area contributed by atoms with E-state index in [-0.39, 0.29) is 0 Å². The molecule has 0 amide bonds. The maximum Gasteiger partial charge on any atom is 0.142 e. The summed E-state index contributed by atoms with van der Waals surface area (Å²) >= 11 is 1.59. The second-order valence-electron chi connectivity index (χ2n) is 2.80. The van der Waals surface area contributed by atoms with Crippen LogP contribution in [0.4, 0.5) is 5.82 Å². The second kappa shape index (κ2) is 4.53. The molecule has 0 aliphatic heterocycles. The summed E-state index contributed by atoms with van der Waals surface area (Å²) in [5.74, 6) is 0.698. The first kappa shape index (κ1) is 9.62. The minimum atomic E-state index is 0.416. The van der Waals surface area contributed by atoms with Gasteiger partial charge in [-0.1, -0.05) is 6.07 Å². The molecule has 0 aromatic carbocycles. The minimum absolute atomic E-state index is 0.416. The Kier molecular flexibility index (Phi) is 2.90. The monoisotopic (exact) mass is 216 g/mol. The van der Waals surface area contributed by atoms with Crippen LogP contribution < -0.4 is 5.32 Å². The molecule has 0 fully saturated rings. The highest BCUT2D eigenvalue weighted by molar-refractivity contribution is 7.09. The van der Waals surface area contributed by atoms with Gasteiger partial charge in [0.1, 0.15) is 22.6 Å². The van der Waals surface area contributed by atoms with Gasteiger partial charge in [0.15, 0.2) is 0 Å². The van der Waals surface area contributed by atoms with E-state index in [1.165, 1.54) is 0 Å². The Bertz CT molecular complexity index is 472. The number of pyridine rings is 1. The zero-order chi connectivity index (χ0) is 10.5. The Morgan fingerprint density at radius 1 is 1.47 bits per heavy atom. The van der Waals surface area contributed by atoms with E-state index in [1.54, 1.807) is 29.7 Å². The van der Waals surface area contributed by atoms with Gasteiger partial charge < -0.3 is 5.32 Å². The molecule has 5 heteroatoms. The van der Waals surface area contributed by atoms with Crippen molar-refractivity contribution in [2.24, 2.45) is 0 Å². The molecular weight excluding hydrogens is 208 g/mol. The Balaban J connectivity index is 2.02. The molecule has 74 valence electrons. The van der Waals surface area contributed by atoms with Crippen LogP contribution in [0.5, 0.6) is 0 Å². The van der Waals surface area contributed by atoms with Crippen molar-refractivity contribution in [1.29, 1.82) is 5.26 Å². The number of hydrogen-bond acceptors (Lipinski definition) is 5. The van der Waals surface area contributed by atoms with E-state index < -0.39 is 0 Å². The largest absolute Gasteiger partial charge is 0.364 e. The van der Waals surface area contributed by atoms with Crippen molar-refractivity contribution in [2.75, 3.05) is 5.32 Å². The molecule has 0 saturated heterocycles. The second-order valence-corrected chi connectivity index (χ2v) is 3.78. The van der Waals surface area contributed by atoms with Gasteiger partial charge in [-0.25, -0.2) is 9.97 Å². The van der Waals surface area contributed by atoms with Gasteiger partial charge in [-0.05, 0) is 12.1 Å².